The zero-order chi connectivity index (χ0) is 49.8. The lowest BCUT2D eigenvalue weighted by atomic mass is 9.83. The van der Waals surface area contributed by atoms with E-state index < -0.39 is 51.5 Å². The number of alkyl halides is 9. The second-order valence-corrected chi connectivity index (χ2v) is 20.2. The van der Waals surface area contributed by atoms with Crippen LogP contribution in [0.1, 0.15) is 94.2 Å². The van der Waals surface area contributed by atoms with Crippen molar-refractivity contribution in [3.05, 3.63) is 123 Å². The Morgan fingerprint density at radius 1 is 0.433 bits per heavy atom. The fraction of sp³-hybridized carbons (Fsp3) is 0.481. The molecule has 0 saturated heterocycles. The average Bonchev–Trinajstić information content (AvgIpc) is 3.66. The molecule has 15 heteroatoms. The Labute approximate surface area is 389 Å². The Kier molecular flexibility index (Phi) is 13.9. The van der Waals surface area contributed by atoms with Gasteiger partial charge in [-0.25, -0.2) is 13.7 Å². The molecule has 0 saturated carbocycles. The van der Waals surface area contributed by atoms with Gasteiger partial charge in [-0.1, -0.05) is 41.5 Å². The van der Waals surface area contributed by atoms with Crippen molar-refractivity contribution in [2.45, 2.75) is 95.6 Å². The van der Waals surface area contributed by atoms with Crippen LogP contribution in [0.4, 0.5) is 56.6 Å². The zero-order valence-electron chi connectivity index (χ0n) is 40.6. The maximum absolute atomic E-state index is 14.1. The van der Waals surface area contributed by atoms with Gasteiger partial charge in [0.05, 0.1) is 16.7 Å². The zero-order valence-corrected chi connectivity index (χ0v) is 40.6. The van der Waals surface area contributed by atoms with Gasteiger partial charge in [0.2, 0.25) is 0 Å². The topological polar surface area (TPSA) is 18.8 Å². The molecule has 0 N–H and O–H groups in total. The van der Waals surface area contributed by atoms with Gasteiger partial charge in [-0.3, -0.25) is 0 Å². The average molecular weight is 944 g/mol. The molecule has 6 rings (SSSR count). The molecule has 0 spiro atoms. The summed E-state index contributed by atoms with van der Waals surface area (Å²) in [5.74, 6) is -0.0814. The lowest BCUT2D eigenvalue weighted by Gasteiger charge is -2.32. The largest absolute Gasteiger partial charge is 0.416 e. The Bertz CT molecular complexity index is 2270. The molecule has 362 valence electrons. The van der Waals surface area contributed by atoms with Crippen LogP contribution in [0, 0.1) is 5.92 Å². The summed E-state index contributed by atoms with van der Waals surface area (Å²) in [6.07, 6.45) is -0.455. The van der Waals surface area contributed by atoms with Gasteiger partial charge in [0, 0.05) is 88.3 Å². The number of benzene rings is 3. The molecule has 0 aliphatic carbocycles. The lowest BCUT2D eigenvalue weighted by Crippen LogP contribution is -2.32. The highest BCUT2D eigenvalue weighted by molar-refractivity contribution is 5.80. The Balaban J connectivity index is 1.43. The van der Waals surface area contributed by atoms with Crippen molar-refractivity contribution < 1.29 is 53.2 Å². The van der Waals surface area contributed by atoms with Gasteiger partial charge in [0.25, 0.3) is 0 Å². The number of halogens is 9. The van der Waals surface area contributed by atoms with Crippen LogP contribution in [-0.4, -0.2) is 94.3 Å². The smallest absolute Gasteiger partial charge is 0.344 e. The van der Waals surface area contributed by atoms with Crippen molar-refractivity contribution in [2.24, 2.45) is 5.92 Å². The van der Waals surface area contributed by atoms with E-state index in [2.05, 4.69) is 14.7 Å². The number of fused-ring (bicyclic) bond motifs is 3. The van der Waals surface area contributed by atoms with E-state index in [9.17, 15) is 39.5 Å². The molecular formula is C52H64F9N6+3. The lowest BCUT2D eigenvalue weighted by molar-refractivity contribution is -0.458. The summed E-state index contributed by atoms with van der Waals surface area (Å²) >= 11 is 0. The molecule has 0 bridgehead atoms. The third-order valence-corrected chi connectivity index (χ3v) is 13.5. The van der Waals surface area contributed by atoms with Crippen LogP contribution in [0.15, 0.2) is 89.9 Å². The molecule has 0 amide bonds. The molecule has 6 nitrogen and oxygen atoms in total. The van der Waals surface area contributed by atoms with Crippen molar-refractivity contribution in [3.8, 4) is 0 Å². The first-order valence-corrected chi connectivity index (χ1v) is 22.5. The monoisotopic (exact) mass is 944 g/mol. The molecule has 3 aliphatic rings. The molecule has 0 atom stereocenters. The van der Waals surface area contributed by atoms with Crippen LogP contribution in [0.3, 0.4) is 0 Å². The van der Waals surface area contributed by atoms with Crippen LogP contribution in [0.25, 0.3) is 0 Å². The second kappa shape index (κ2) is 18.3. The van der Waals surface area contributed by atoms with Gasteiger partial charge in [-0.2, -0.15) is 39.5 Å². The van der Waals surface area contributed by atoms with Crippen LogP contribution in [0.2, 0.25) is 0 Å². The molecule has 0 aromatic heterocycles. The van der Waals surface area contributed by atoms with E-state index in [4.69, 9.17) is 0 Å². The number of hydrogen-bond acceptors (Lipinski definition) is 3. The molecule has 3 aromatic carbocycles. The first kappa shape index (κ1) is 51.1. The van der Waals surface area contributed by atoms with Gasteiger partial charge >= 0.3 is 18.5 Å². The maximum Gasteiger partial charge on any atom is 0.416 e. The standard InChI is InChI=1S/C52H64F9N6/c1-47(2)38-31-35(50(53,54)55)13-16-41(38)65(44(47)22-25-62(7)8)28-19-34(20-29-66-42-17-14-36(51(56,57)58)32-39(42)48(3,4)45(66)23-26-63(9)10)21-30-67-43-18-15-37(52(59,60)61)33-40(43)49(5,6)46(67)24-27-64(11)12/h13-18,22-27,31-34H,19-21,28-30H2,1-12H3/q+3. The van der Waals surface area contributed by atoms with E-state index in [1.54, 1.807) is 18.2 Å². The van der Waals surface area contributed by atoms with Crippen LogP contribution in [0.5, 0.6) is 0 Å². The summed E-state index contributed by atoms with van der Waals surface area (Å²) in [6.45, 7) is 12.8. The first-order valence-electron chi connectivity index (χ1n) is 22.5. The van der Waals surface area contributed by atoms with Crippen molar-refractivity contribution in [1.82, 2.24) is 0 Å². The van der Waals surface area contributed by atoms with Crippen molar-refractivity contribution in [3.63, 3.8) is 0 Å². The molecule has 3 aromatic rings. The second-order valence-electron chi connectivity index (χ2n) is 20.2. The van der Waals surface area contributed by atoms with Crippen molar-refractivity contribution in [2.75, 3.05) is 76.6 Å². The normalized spacial score (nSPS) is 19.1. The predicted octanol–water partition coefficient (Wildman–Crippen LogP) is 11.9. The van der Waals surface area contributed by atoms with E-state index in [0.29, 0.717) is 72.6 Å². The highest BCUT2D eigenvalue weighted by Crippen LogP contribution is 2.53. The van der Waals surface area contributed by atoms with Crippen LogP contribution >= 0.6 is 0 Å². The number of nitrogens with zero attached hydrogens (tertiary/aromatic N) is 6. The molecule has 67 heavy (non-hydrogen) atoms. The molecule has 3 aliphatic heterocycles. The predicted molar refractivity (Wildman–Crippen MR) is 252 cm³/mol. The van der Waals surface area contributed by atoms with E-state index >= 15 is 0 Å². The van der Waals surface area contributed by atoms with Crippen LogP contribution < -0.4 is 14.7 Å². The summed E-state index contributed by atoms with van der Waals surface area (Å²) in [5, 5.41) is 0. The Morgan fingerprint density at radius 3 is 0.881 bits per heavy atom. The SMILES string of the molecule is C[N+](C)=C/C=C1/N(CCC(CCN2/C(=C/C=[N+](C)C)C(C)(C)c3cc(C(F)(F)F)ccc32)CCN2/C(=C/C=[N+](C)C)C(C)(C)c3cc(C(F)(F)F)ccc32)c2ccc(C(F)(F)F)cc2C1(C)C. The fourth-order valence-electron chi connectivity index (χ4n) is 9.81. The van der Waals surface area contributed by atoms with Gasteiger partial charge in [-0.15, -0.1) is 0 Å². The van der Waals surface area contributed by atoms with E-state index in [-0.39, 0.29) is 5.92 Å². The molecule has 0 fully saturated rings. The summed E-state index contributed by atoms with van der Waals surface area (Å²) in [6, 6.07) is 11.7. The highest BCUT2D eigenvalue weighted by atomic mass is 19.4. The molecular weight excluding hydrogens is 880 g/mol. The van der Waals surface area contributed by atoms with E-state index in [1.165, 1.54) is 18.2 Å². The highest BCUT2D eigenvalue weighted by Gasteiger charge is 2.46. The molecule has 0 unspecified atom stereocenters. The molecule has 3 heterocycles. The fourth-order valence-corrected chi connectivity index (χ4v) is 9.81. The Hall–Kier alpha value is -5.34. The molecule has 0 radical (unpaired) electrons. The third-order valence-electron chi connectivity index (χ3n) is 13.5. The van der Waals surface area contributed by atoms with E-state index in [0.717, 1.165) is 35.3 Å². The van der Waals surface area contributed by atoms with Gasteiger partial charge in [-0.05, 0) is 96.5 Å². The minimum absolute atomic E-state index is 0.0814. The quantitative estimate of drug-likeness (QED) is 0.102. The number of anilines is 3. The summed E-state index contributed by atoms with van der Waals surface area (Å²) in [5.41, 5.74) is 1.63. The Morgan fingerprint density at radius 2 is 0.672 bits per heavy atom. The van der Waals surface area contributed by atoms with Gasteiger partial charge in [0.1, 0.15) is 42.3 Å². The van der Waals surface area contributed by atoms with Crippen LogP contribution in [-0.2, 0) is 34.8 Å². The van der Waals surface area contributed by atoms with E-state index in [1.807, 2.05) is 134 Å². The summed E-state index contributed by atoms with van der Waals surface area (Å²) in [4.78, 5) is 6.28. The van der Waals surface area contributed by atoms with Crippen molar-refractivity contribution in [1.29, 1.82) is 0 Å². The van der Waals surface area contributed by atoms with Crippen molar-refractivity contribution >= 4 is 35.7 Å². The minimum atomic E-state index is -4.54. The van der Waals surface area contributed by atoms with Gasteiger partial charge in [0.15, 0.2) is 18.6 Å². The number of rotatable bonds is 12. The van der Waals surface area contributed by atoms with Gasteiger partial charge < -0.3 is 14.7 Å². The summed E-state index contributed by atoms with van der Waals surface area (Å²) < 4.78 is 133. The third kappa shape index (κ3) is 10.4. The minimum Gasteiger partial charge on any atom is -0.344 e. The first-order chi connectivity index (χ1) is 30.9. The maximum atomic E-state index is 14.1. The number of hydrogen-bond donors (Lipinski definition) is 0. The number of allylic oxidation sites excluding steroid dienone is 6. The summed E-state index contributed by atoms with van der Waals surface area (Å²) in [7, 11) is 11.2.